The SMILES string of the molecule is CCC#CCC1(C(F)(F)F)OC(=O)Nc2ccc3c(c21)OCO3. The summed E-state index contributed by atoms with van der Waals surface area (Å²) in [5.74, 6) is 5.09. The molecular weight excluding hydrogens is 315 g/mol. The van der Waals surface area contributed by atoms with Crippen molar-refractivity contribution < 1.29 is 32.2 Å². The van der Waals surface area contributed by atoms with E-state index in [0.29, 0.717) is 6.42 Å². The van der Waals surface area contributed by atoms with Gasteiger partial charge in [0.25, 0.3) is 0 Å². The van der Waals surface area contributed by atoms with E-state index in [1.807, 2.05) is 0 Å². The van der Waals surface area contributed by atoms with Crippen LogP contribution in [0.15, 0.2) is 12.1 Å². The molecule has 2 heterocycles. The Hall–Kier alpha value is -2.56. The second kappa shape index (κ2) is 5.26. The monoisotopic (exact) mass is 327 g/mol. The summed E-state index contributed by atoms with van der Waals surface area (Å²) in [4.78, 5) is 11.7. The van der Waals surface area contributed by atoms with Gasteiger partial charge in [0.15, 0.2) is 11.5 Å². The van der Waals surface area contributed by atoms with Crippen LogP contribution in [-0.4, -0.2) is 19.1 Å². The van der Waals surface area contributed by atoms with E-state index in [4.69, 9.17) is 14.2 Å². The number of nitrogens with one attached hydrogen (secondary N) is 1. The lowest BCUT2D eigenvalue weighted by atomic mass is 9.86. The summed E-state index contributed by atoms with van der Waals surface area (Å²) >= 11 is 0. The molecule has 0 aromatic heterocycles. The maximum atomic E-state index is 13.9. The minimum atomic E-state index is -4.87. The van der Waals surface area contributed by atoms with Gasteiger partial charge in [0.2, 0.25) is 12.4 Å². The standard InChI is InChI=1S/C15H12F3NO4/c1-2-3-4-7-14(15(16,17)18)11-9(19-13(20)23-14)5-6-10-12(11)22-8-21-10/h5-6H,2,7-8H2,1H3,(H,19,20). The first-order valence-corrected chi connectivity index (χ1v) is 6.84. The van der Waals surface area contributed by atoms with Gasteiger partial charge in [-0.15, -0.1) is 5.92 Å². The highest BCUT2D eigenvalue weighted by molar-refractivity contribution is 5.90. The summed E-state index contributed by atoms with van der Waals surface area (Å²) in [7, 11) is 0. The van der Waals surface area contributed by atoms with E-state index in [1.54, 1.807) is 6.92 Å². The van der Waals surface area contributed by atoms with Crippen LogP contribution in [0.2, 0.25) is 0 Å². The average Bonchev–Trinajstić information content (AvgIpc) is 2.94. The molecule has 0 saturated carbocycles. The second-order valence-corrected chi connectivity index (χ2v) is 4.95. The van der Waals surface area contributed by atoms with Crippen LogP contribution in [0.5, 0.6) is 11.5 Å². The Morgan fingerprint density at radius 1 is 1.30 bits per heavy atom. The van der Waals surface area contributed by atoms with Gasteiger partial charge in [-0.3, -0.25) is 5.32 Å². The quantitative estimate of drug-likeness (QED) is 0.802. The summed E-state index contributed by atoms with van der Waals surface area (Å²) in [6, 6.07) is 2.77. The smallest absolute Gasteiger partial charge is 0.434 e. The van der Waals surface area contributed by atoms with E-state index in [2.05, 4.69) is 17.2 Å². The number of ether oxygens (including phenoxy) is 3. The third-order valence-electron chi connectivity index (χ3n) is 3.54. The van der Waals surface area contributed by atoms with Crippen LogP contribution in [0.25, 0.3) is 0 Å². The number of halogens is 3. The molecule has 8 heteroatoms. The molecule has 0 radical (unpaired) electrons. The van der Waals surface area contributed by atoms with Gasteiger partial charge < -0.3 is 14.2 Å². The Morgan fingerprint density at radius 3 is 2.78 bits per heavy atom. The first-order valence-electron chi connectivity index (χ1n) is 6.84. The van der Waals surface area contributed by atoms with Crippen molar-refractivity contribution in [1.82, 2.24) is 0 Å². The Balaban J connectivity index is 2.25. The Labute approximate surface area is 129 Å². The molecule has 23 heavy (non-hydrogen) atoms. The van der Waals surface area contributed by atoms with Crippen molar-refractivity contribution >= 4 is 11.8 Å². The third-order valence-corrected chi connectivity index (χ3v) is 3.54. The van der Waals surface area contributed by atoms with Crippen LogP contribution in [0.1, 0.15) is 25.3 Å². The minimum Gasteiger partial charge on any atom is -0.454 e. The van der Waals surface area contributed by atoms with Gasteiger partial charge in [-0.05, 0) is 12.1 Å². The summed E-state index contributed by atoms with van der Waals surface area (Å²) < 4.78 is 56.7. The highest BCUT2D eigenvalue weighted by atomic mass is 19.4. The lowest BCUT2D eigenvalue weighted by molar-refractivity contribution is -0.263. The van der Waals surface area contributed by atoms with Crippen LogP contribution < -0.4 is 14.8 Å². The van der Waals surface area contributed by atoms with Crippen LogP contribution in [0, 0.1) is 11.8 Å². The molecule has 0 fully saturated rings. The number of hydrogen-bond donors (Lipinski definition) is 1. The number of fused-ring (bicyclic) bond motifs is 3. The van der Waals surface area contributed by atoms with Crippen LogP contribution in [-0.2, 0) is 10.3 Å². The predicted octanol–water partition coefficient (Wildman–Crippen LogP) is 3.54. The van der Waals surface area contributed by atoms with Gasteiger partial charge in [0.1, 0.15) is 0 Å². The molecule has 2 aliphatic rings. The highest BCUT2D eigenvalue weighted by Gasteiger charge is 2.63. The van der Waals surface area contributed by atoms with Gasteiger partial charge in [0.05, 0.1) is 17.7 Å². The van der Waals surface area contributed by atoms with Crippen molar-refractivity contribution in [3.05, 3.63) is 17.7 Å². The number of amides is 1. The minimum absolute atomic E-state index is 0.0267. The molecule has 0 aliphatic carbocycles. The van der Waals surface area contributed by atoms with E-state index < -0.39 is 24.3 Å². The van der Waals surface area contributed by atoms with Gasteiger partial charge in [-0.1, -0.05) is 12.8 Å². The van der Waals surface area contributed by atoms with E-state index in [-0.39, 0.29) is 29.5 Å². The van der Waals surface area contributed by atoms with Crippen LogP contribution in [0.3, 0.4) is 0 Å². The van der Waals surface area contributed by atoms with Gasteiger partial charge in [0, 0.05) is 6.42 Å². The number of rotatable bonds is 1. The summed E-state index contributed by atoms with van der Waals surface area (Å²) in [5, 5.41) is 2.26. The molecule has 0 bridgehead atoms. The molecular formula is C15H12F3NO4. The molecule has 1 unspecified atom stereocenters. The Bertz CT molecular complexity index is 720. The number of carbonyl (C=O) groups excluding carboxylic acids is 1. The number of hydrogen-bond acceptors (Lipinski definition) is 4. The van der Waals surface area contributed by atoms with Crippen molar-refractivity contribution in [2.24, 2.45) is 0 Å². The van der Waals surface area contributed by atoms with Crippen molar-refractivity contribution in [1.29, 1.82) is 0 Å². The zero-order chi connectivity index (χ0) is 16.7. The molecule has 0 spiro atoms. The number of cyclic esters (lactones) is 1. The molecule has 1 aromatic rings. The largest absolute Gasteiger partial charge is 0.454 e. The molecule has 3 rings (SSSR count). The maximum Gasteiger partial charge on any atom is 0.434 e. The topological polar surface area (TPSA) is 56.8 Å². The fraction of sp³-hybridized carbons (Fsp3) is 0.400. The lowest BCUT2D eigenvalue weighted by Crippen LogP contribution is -2.50. The number of alkyl halides is 3. The fourth-order valence-corrected chi connectivity index (χ4v) is 2.56. The van der Waals surface area contributed by atoms with Crippen molar-refractivity contribution in [3.8, 4) is 23.3 Å². The number of anilines is 1. The Morgan fingerprint density at radius 2 is 2.09 bits per heavy atom. The summed E-state index contributed by atoms with van der Waals surface area (Å²) in [5.41, 5.74) is -3.24. The van der Waals surface area contributed by atoms with E-state index >= 15 is 0 Å². The lowest BCUT2D eigenvalue weighted by Gasteiger charge is -2.38. The molecule has 1 aromatic carbocycles. The third kappa shape index (κ3) is 2.32. The molecule has 5 nitrogen and oxygen atoms in total. The van der Waals surface area contributed by atoms with Crippen LogP contribution in [0.4, 0.5) is 23.7 Å². The fourth-order valence-electron chi connectivity index (χ4n) is 2.56. The normalized spacial score (nSPS) is 21.7. The molecule has 1 atom stereocenters. The molecule has 0 saturated heterocycles. The Kier molecular flexibility index (Phi) is 3.51. The molecule has 1 N–H and O–H groups in total. The van der Waals surface area contributed by atoms with Crippen molar-refractivity contribution in [2.45, 2.75) is 31.5 Å². The van der Waals surface area contributed by atoms with E-state index in [9.17, 15) is 18.0 Å². The molecule has 2 aliphatic heterocycles. The second-order valence-electron chi connectivity index (χ2n) is 4.95. The van der Waals surface area contributed by atoms with E-state index in [1.165, 1.54) is 12.1 Å². The maximum absolute atomic E-state index is 13.9. The number of carbonyl (C=O) groups is 1. The molecule has 122 valence electrons. The summed E-state index contributed by atoms with van der Waals surface area (Å²) in [6.07, 6.45) is -6.39. The highest BCUT2D eigenvalue weighted by Crippen LogP contribution is 2.55. The zero-order valence-electron chi connectivity index (χ0n) is 12.0. The van der Waals surface area contributed by atoms with Gasteiger partial charge in [-0.25, -0.2) is 4.79 Å². The first kappa shape index (κ1) is 15.3. The van der Waals surface area contributed by atoms with Crippen molar-refractivity contribution in [2.75, 3.05) is 12.1 Å². The number of benzene rings is 1. The van der Waals surface area contributed by atoms with E-state index in [0.717, 1.165) is 0 Å². The first-order chi connectivity index (χ1) is 10.9. The van der Waals surface area contributed by atoms with Gasteiger partial charge >= 0.3 is 12.3 Å². The average molecular weight is 327 g/mol. The summed E-state index contributed by atoms with van der Waals surface area (Å²) in [6.45, 7) is 1.51. The predicted molar refractivity (Wildman–Crippen MR) is 73.1 cm³/mol. The van der Waals surface area contributed by atoms with Crippen molar-refractivity contribution in [3.63, 3.8) is 0 Å². The van der Waals surface area contributed by atoms with Gasteiger partial charge in [-0.2, -0.15) is 13.2 Å². The zero-order valence-corrected chi connectivity index (χ0v) is 12.0. The van der Waals surface area contributed by atoms with Crippen LogP contribution >= 0.6 is 0 Å². The molecule has 1 amide bonds.